The van der Waals surface area contributed by atoms with E-state index in [4.69, 9.17) is 34.0 Å². The molecule has 0 unspecified atom stereocenters. The summed E-state index contributed by atoms with van der Waals surface area (Å²) in [6.45, 7) is 0. The number of benzene rings is 2. The van der Waals surface area contributed by atoms with Crippen molar-refractivity contribution < 1.29 is 14.7 Å². The number of hydrogen-bond acceptors (Lipinski definition) is 3. The summed E-state index contributed by atoms with van der Waals surface area (Å²) in [7, 11) is 0. The number of carboxylic acid groups (broad SMARTS) is 1. The molecule has 0 bridgehead atoms. The van der Waals surface area contributed by atoms with Gasteiger partial charge in [0.2, 0.25) is 0 Å². The molecule has 4 N–H and O–H groups in total. The fourth-order valence-electron chi connectivity index (χ4n) is 1.70. The number of carboxylic acids is 1. The first-order chi connectivity index (χ1) is 9.90. The minimum atomic E-state index is -1.19. The lowest BCUT2D eigenvalue weighted by atomic mass is 10.1. The van der Waals surface area contributed by atoms with E-state index in [2.05, 4.69) is 5.32 Å². The Morgan fingerprint density at radius 2 is 1.81 bits per heavy atom. The lowest BCUT2D eigenvalue weighted by molar-refractivity contribution is 0.0698. The van der Waals surface area contributed by atoms with Gasteiger partial charge in [-0.2, -0.15) is 0 Å². The lowest BCUT2D eigenvalue weighted by Gasteiger charge is -2.11. The molecule has 0 atom stereocenters. The molecule has 2 rings (SSSR count). The number of nitrogens with two attached hydrogens (primary N) is 1. The summed E-state index contributed by atoms with van der Waals surface area (Å²) in [5, 5.41) is 12.0. The van der Waals surface area contributed by atoms with E-state index in [1.807, 2.05) is 0 Å². The molecule has 0 aromatic heterocycles. The van der Waals surface area contributed by atoms with Gasteiger partial charge in [-0.1, -0.05) is 29.3 Å². The van der Waals surface area contributed by atoms with Crippen molar-refractivity contribution in [3.63, 3.8) is 0 Å². The molecule has 2 aromatic rings. The molecule has 7 heteroatoms. The van der Waals surface area contributed by atoms with Gasteiger partial charge in [0.15, 0.2) is 0 Å². The first-order valence-electron chi connectivity index (χ1n) is 5.78. The Kier molecular flexibility index (Phi) is 4.35. The van der Waals surface area contributed by atoms with E-state index in [0.29, 0.717) is 5.02 Å². The average Bonchev–Trinajstić information content (AvgIpc) is 2.43. The van der Waals surface area contributed by atoms with Gasteiger partial charge in [-0.05, 0) is 30.3 Å². The number of para-hydroxylation sites is 1. The Morgan fingerprint density at radius 1 is 1.10 bits per heavy atom. The Hall–Kier alpha value is -2.24. The zero-order valence-electron chi connectivity index (χ0n) is 10.6. The molecule has 2 aromatic carbocycles. The predicted molar refractivity (Wildman–Crippen MR) is 82.2 cm³/mol. The van der Waals surface area contributed by atoms with E-state index in [9.17, 15) is 9.59 Å². The number of halogens is 2. The average molecular weight is 325 g/mol. The topological polar surface area (TPSA) is 92.4 Å². The normalized spacial score (nSPS) is 10.2. The number of nitrogens with one attached hydrogen (secondary N) is 1. The Bertz CT molecular complexity index is 732. The standard InChI is InChI=1S/C14H10Cl2N2O3/c15-9-5-4-7(6-11(9)17)13(19)18-12-8(14(20)21)2-1-3-10(12)16/h1-6H,17H2,(H,18,19)(H,20,21). The van der Waals surface area contributed by atoms with Gasteiger partial charge in [0, 0.05) is 5.56 Å². The second-order valence-electron chi connectivity index (χ2n) is 4.16. The van der Waals surface area contributed by atoms with Gasteiger partial charge in [0.25, 0.3) is 5.91 Å². The first kappa shape index (κ1) is 15.2. The zero-order chi connectivity index (χ0) is 15.6. The molecular weight excluding hydrogens is 315 g/mol. The lowest BCUT2D eigenvalue weighted by Crippen LogP contribution is -2.15. The molecule has 0 saturated heterocycles. The van der Waals surface area contributed by atoms with E-state index in [1.54, 1.807) is 0 Å². The number of carbonyl (C=O) groups excluding carboxylic acids is 1. The first-order valence-corrected chi connectivity index (χ1v) is 6.54. The quantitative estimate of drug-likeness (QED) is 0.753. The van der Waals surface area contributed by atoms with E-state index in [1.165, 1.54) is 36.4 Å². The summed E-state index contributed by atoms with van der Waals surface area (Å²) in [4.78, 5) is 23.3. The van der Waals surface area contributed by atoms with Crippen LogP contribution in [0, 0.1) is 0 Å². The van der Waals surface area contributed by atoms with Crippen LogP contribution < -0.4 is 11.1 Å². The molecule has 0 spiro atoms. The minimum Gasteiger partial charge on any atom is -0.478 e. The highest BCUT2D eigenvalue weighted by atomic mass is 35.5. The van der Waals surface area contributed by atoms with Crippen molar-refractivity contribution in [3.8, 4) is 0 Å². The van der Waals surface area contributed by atoms with Gasteiger partial charge in [-0.3, -0.25) is 4.79 Å². The molecule has 0 heterocycles. The molecular formula is C14H10Cl2N2O3. The molecule has 0 aliphatic carbocycles. The summed E-state index contributed by atoms with van der Waals surface area (Å²) in [5.74, 6) is -1.72. The highest BCUT2D eigenvalue weighted by Crippen LogP contribution is 2.27. The van der Waals surface area contributed by atoms with Crippen LogP contribution in [0.4, 0.5) is 11.4 Å². The highest BCUT2D eigenvalue weighted by Gasteiger charge is 2.16. The van der Waals surface area contributed by atoms with Crippen molar-refractivity contribution in [1.82, 2.24) is 0 Å². The third-order valence-electron chi connectivity index (χ3n) is 2.74. The molecule has 5 nitrogen and oxygen atoms in total. The monoisotopic (exact) mass is 324 g/mol. The Balaban J connectivity index is 2.36. The number of carbonyl (C=O) groups is 2. The summed E-state index contributed by atoms with van der Waals surface area (Å²) >= 11 is 11.7. The molecule has 108 valence electrons. The van der Waals surface area contributed by atoms with Gasteiger partial charge in [0.1, 0.15) is 0 Å². The van der Waals surface area contributed by atoms with Gasteiger partial charge in [-0.25, -0.2) is 4.79 Å². The van der Waals surface area contributed by atoms with Crippen LogP contribution in [0.3, 0.4) is 0 Å². The summed E-state index contributed by atoms with van der Waals surface area (Å²) in [6, 6.07) is 8.68. The molecule has 0 fully saturated rings. The van der Waals surface area contributed by atoms with Gasteiger partial charge in [0.05, 0.1) is 27.0 Å². The van der Waals surface area contributed by atoms with Crippen molar-refractivity contribution in [3.05, 3.63) is 57.6 Å². The second kappa shape index (κ2) is 6.03. The van der Waals surface area contributed by atoms with Crippen molar-refractivity contribution in [2.45, 2.75) is 0 Å². The largest absolute Gasteiger partial charge is 0.478 e. The van der Waals surface area contributed by atoms with Crippen LogP contribution in [0.5, 0.6) is 0 Å². The summed E-state index contributed by atoms with van der Waals surface area (Å²) < 4.78 is 0. The number of aromatic carboxylic acids is 1. The predicted octanol–water partition coefficient (Wildman–Crippen LogP) is 3.53. The molecule has 0 aliphatic heterocycles. The van der Waals surface area contributed by atoms with Crippen LogP contribution in [0.2, 0.25) is 10.0 Å². The van der Waals surface area contributed by atoms with Gasteiger partial charge < -0.3 is 16.2 Å². The number of amides is 1. The summed E-state index contributed by atoms with van der Waals surface area (Å²) in [5.41, 5.74) is 6.06. The van der Waals surface area contributed by atoms with E-state index < -0.39 is 11.9 Å². The summed E-state index contributed by atoms with van der Waals surface area (Å²) in [6.07, 6.45) is 0. The Labute approximate surface area is 130 Å². The second-order valence-corrected chi connectivity index (χ2v) is 4.97. The number of hydrogen-bond donors (Lipinski definition) is 3. The van der Waals surface area contributed by atoms with E-state index in [0.717, 1.165) is 0 Å². The highest BCUT2D eigenvalue weighted by molar-refractivity contribution is 6.35. The van der Waals surface area contributed by atoms with Crippen LogP contribution in [0.25, 0.3) is 0 Å². The Morgan fingerprint density at radius 3 is 2.43 bits per heavy atom. The van der Waals surface area contributed by atoms with Crippen molar-refractivity contribution in [2.75, 3.05) is 11.1 Å². The van der Waals surface area contributed by atoms with Gasteiger partial charge >= 0.3 is 5.97 Å². The molecule has 1 amide bonds. The van der Waals surface area contributed by atoms with E-state index in [-0.39, 0.29) is 27.5 Å². The zero-order valence-corrected chi connectivity index (χ0v) is 12.1. The maximum Gasteiger partial charge on any atom is 0.337 e. The SMILES string of the molecule is Nc1cc(C(=O)Nc2c(Cl)cccc2C(=O)O)ccc1Cl. The third kappa shape index (κ3) is 3.26. The maximum absolute atomic E-state index is 12.1. The fourth-order valence-corrected chi connectivity index (χ4v) is 2.04. The fraction of sp³-hybridized carbons (Fsp3) is 0. The minimum absolute atomic E-state index is 0.0326. The van der Waals surface area contributed by atoms with Crippen molar-refractivity contribution in [2.24, 2.45) is 0 Å². The van der Waals surface area contributed by atoms with Crippen LogP contribution in [-0.4, -0.2) is 17.0 Å². The number of rotatable bonds is 3. The van der Waals surface area contributed by atoms with Crippen LogP contribution in [0.1, 0.15) is 20.7 Å². The van der Waals surface area contributed by atoms with Crippen LogP contribution in [0.15, 0.2) is 36.4 Å². The van der Waals surface area contributed by atoms with Gasteiger partial charge in [-0.15, -0.1) is 0 Å². The van der Waals surface area contributed by atoms with E-state index >= 15 is 0 Å². The maximum atomic E-state index is 12.1. The van der Waals surface area contributed by atoms with Crippen LogP contribution >= 0.6 is 23.2 Å². The van der Waals surface area contributed by atoms with Crippen LogP contribution in [-0.2, 0) is 0 Å². The van der Waals surface area contributed by atoms with Crippen molar-refractivity contribution in [1.29, 1.82) is 0 Å². The molecule has 0 saturated carbocycles. The molecule has 21 heavy (non-hydrogen) atoms. The van der Waals surface area contributed by atoms with Crippen molar-refractivity contribution >= 4 is 46.5 Å². The molecule has 0 aliphatic rings. The molecule has 0 radical (unpaired) electrons. The number of anilines is 2. The smallest absolute Gasteiger partial charge is 0.337 e. The number of nitrogen functional groups attached to an aromatic ring is 1. The third-order valence-corrected chi connectivity index (χ3v) is 3.40.